The van der Waals surface area contributed by atoms with E-state index < -0.39 is 33.9 Å². The predicted octanol–water partition coefficient (Wildman–Crippen LogP) is 2.10. The first-order chi connectivity index (χ1) is 11.3. The summed E-state index contributed by atoms with van der Waals surface area (Å²) in [5.41, 5.74) is -0.398. The first-order valence-corrected chi connectivity index (χ1v) is 6.65. The average Bonchev–Trinajstić information content (AvgIpc) is 2.45. The van der Waals surface area contributed by atoms with Crippen LogP contribution in [0.1, 0.15) is 21.7 Å². The largest absolute Gasteiger partial charge is 0.328 e. The highest BCUT2D eigenvalue weighted by molar-refractivity contribution is 6.09. The van der Waals surface area contributed by atoms with Gasteiger partial charge in [0, 0.05) is 17.5 Å². The molecule has 0 aliphatic heterocycles. The zero-order chi connectivity index (χ0) is 17.9. The van der Waals surface area contributed by atoms with Crippen molar-refractivity contribution >= 4 is 23.6 Å². The van der Waals surface area contributed by atoms with Crippen LogP contribution in [0.4, 0.5) is 20.8 Å². The zero-order valence-corrected chi connectivity index (χ0v) is 12.7. The second-order valence-corrected chi connectivity index (χ2v) is 4.77. The molecular weight excluding hydrogens is 321 g/mol. The van der Waals surface area contributed by atoms with Gasteiger partial charge in [0.2, 0.25) is 5.95 Å². The summed E-state index contributed by atoms with van der Waals surface area (Å²) < 4.78 is 13.7. The number of aryl methyl sites for hydroxylation is 2. The van der Waals surface area contributed by atoms with Gasteiger partial charge in [0.25, 0.3) is 11.6 Å². The van der Waals surface area contributed by atoms with Crippen LogP contribution in [-0.2, 0) is 0 Å². The molecule has 1 aromatic carbocycles. The number of halogens is 1. The van der Waals surface area contributed by atoms with Gasteiger partial charge in [-0.15, -0.1) is 0 Å². The van der Waals surface area contributed by atoms with E-state index in [4.69, 9.17) is 0 Å². The van der Waals surface area contributed by atoms with Crippen LogP contribution in [0, 0.1) is 29.8 Å². The van der Waals surface area contributed by atoms with Crippen molar-refractivity contribution in [3.05, 3.63) is 57.1 Å². The van der Waals surface area contributed by atoms with Crippen molar-refractivity contribution < 1.29 is 18.9 Å². The van der Waals surface area contributed by atoms with Gasteiger partial charge in [-0.25, -0.2) is 19.2 Å². The van der Waals surface area contributed by atoms with Crippen molar-refractivity contribution in [3.8, 4) is 0 Å². The van der Waals surface area contributed by atoms with Gasteiger partial charge in [-0.2, -0.15) is 0 Å². The number of carbonyl (C=O) groups excluding carboxylic acids is 2. The third-order valence-corrected chi connectivity index (χ3v) is 2.85. The van der Waals surface area contributed by atoms with Crippen LogP contribution >= 0.6 is 0 Å². The summed E-state index contributed by atoms with van der Waals surface area (Å²) in [4.78, 5) is 41.6. The van der Waals surface area contributed by atoms with Crippen molar-refractivity contribution in [1.82, 2.24) is 15.3 Å². The van der Waals surface area contributed by atoms with E-state index in [0.29, 0.717) is 11.4 Å². The molecule has 24 heavy (non-hydrogen) atoms. The Labute approximate surface area is 135 Å². The fourth-order valence-corrected chi connectivity index (χ4v) is 1.97. The maximum absolute atomic E-state index is 13.7. The fourth-order valence-electron chi connectivity index (χ4n) is 1.97. The number of amides is 3. The summed E-state index contributed by atoms with van der Waals surface area (Å²) in [6.45, 7) is 3.37. The molecule has 0 aliphatic rings. The number of nitrogens with zero attached hydrogens (tertiary/aromatic N) is 3. The molecule has 0 saturated heterocycles. The molecule has 10 heteroatoms. The molecule has 0 atom stereocenters. The van der Waals surface area contributed by atoms with Gasteiger partial charge in [0.05, 0.1) is 4.92 Å². The minimum absolute atomic E-state index is 0.0548. The Balaban J connectivity index is 2.18. The molecule has 2 N–H and O–H groups in total. The highest BCUT2D eigenvalue weighted by Crippen LogP contribution is 2.21. The van der Waals surface area contributed by atoms with E-state index in [9.17, 15) is 24.1 Å². The molecule has 0 radical (unpaired) electrons. The molecule has 124 valence electrons. The van der Waals surface area contributed by atoms with Crippen molar-refractivity contribution in [2.45, 2.75) is 13.8 Å². The Hall–Kier alpha value is -3.43. The maximum Gasteiger partial charge on any atom is 0.328 e. The van der Waals surface area contributed by atoms with Gasteiger partial charge in [-0.05, 0) is 26.0 Å². The molecule has 2 rings (SSSR count). The van der Waals surface area contributed by atoms with Gasteiger partial charge in [0.15, 0.2) is 5.56 Å². The number of nitro groups is 1. The van der Waals surface area contributed by atoms with E-state index in [1.807, 2.05) is 0 Å². The molecule has 1 aromatic heterocycles. The summed E-state index contributed by atoms with van der Waals surface area (Å²) in [5.74, 6) is -2.42. The molecule has 0 unspecified atom stereocenters. The SMILES string of the molecule is Cc1cc(C)nc(NC(=O)NC(=O)c2c(F)cccc2[N+](=O)[O-])n1. The normalized spacial score (nSPS) is 10.1. The molecule has 3 amide bonds. The van der Waals surface area contributed by atoms with Crippen LogP contribution < -0.4 is 10.6 Å². The van der Waals surface area contributed by atoms with Crippen molar-refractivity contribution in [1.29, 1.82) is 0 Å². The molecule has 0 fully saturated rings. The van der Waals surface area contributed by atoms with E-state index >= 15 is 0 Å². The van der Waals surface area contributed by atoms with Gasteiger partial charge in [0.1, 0.15) is 5.82 Å². The quantitative estimate of drug-likeness (QED) is 0.654. The summed E-state index contributed by atoms with van der Waals surface area (Å²) >= 11 is 0. The topological polar surface area (TPSA) is 127 Å². The van der Waals surface area contributed by atoms with Crippen LogP contribution in [0.25, 0.3) is 0 Å². The Kier molecular flexibility index (Phi) is 4.78. The third-order valence-electron chi connectivity index (χ3n) is 2.85. The van der Waals surface area contributed by atoms with Gasteiger partial charge in [-0.3, -0.25) is 25.5 Å². The highest BCUT2D eigenvalue weighted by atomic mass is 19.1. The molecule has 2 aromatic rings. The zero-order valence-electron chi connectivity index (χ0n) is 12.7. The summed E-state index contributed by atoms with van der Waals surface area (Å²) in [7, 11) is 0. The Morgan fingerprint density at radius 1 is 1.21 bits per heavy atom. The number of benzene rings is 1. The molecule has 0 aliphatic carbocycles. The molecule has 0 spiro atoms. The summed E-state index contributed by atoms with van der Waals surface area (Å²) in [6.07, 6.45) is 0. The first-order valence-electron chi connectivity index (χ1n) is 6.65. The lowest BCUT2D eigenvalue weighted by Gasteiger charge is -2.07. The first kappa shape index (κ1) is 16.9. The lowest BCUT2D eigenvalue weighted by atomic mass is 10.1. The van der Waals surface area contributed by atoms with Gasteiger partial charge >= 0.3 is 6.03 Å². The fraction of sp³-hybridized carbons (Fsp3) is 0.143. The van der Waals surface area contributed by atoms with E-state index in [-0.39, 0.29) is 5.95 Å². The Bertz CT molecular complexity index is 820. The lowest BCUT2D eigenvalue weighted by molar-refractivity contribution is -0.385. The number of aromatic nitrogens is 2. The van der Waals surface area contributed by atoms with Crippen LogP contribution in [0.5, 0.6) is 0 Å². The van der Waals surface area contributed by atoms with Gasteiger partial charge in [-0.1, -0.05) is 6.07 Å². The minimum atomic E-state index is -1.25. The summed E-state index contributed by atoms with van der Waals surface area (Å²) in [5, 5.41) is 14.9. The highest BCUT2D eigenvalue weighted by Gasteiger charge is 2.25. The molecule has 0 bridgehead atoms. The number of nitrogens with one attached hydrogen (secondary N) is 2. The third kappa shape index (κ3) is 3.85. The van der Waals surface area contributed by atoms with E-state index in [0.717, 1.165) is 18.2 Å². The van der Waals surface area contributed by atoms with Crippen LogP contribution in [-0.4, -0.2) is 26.8 Å². The van der Waals surface area contributed by atoms with Crippen LogP contribution in [0.3, 0.4) is 0 Å². The Morgan fingerprint density at radius 2 is 1.83 bits per heavy atom. The molecule has 0 saturated carbocycles. The number of hydrogen-bond acceptors (Lipinski definition) is 6. The van der Waals surface area contributed by atoms with Crippen molar-refractivity contribution in [2.24, 2.45) is 0 Å². The van der Waals surface area contributed by atoms with E-state index in [1.54, 1.807) is 25.2 Å². The number of urea groups is 1. The second kappa shape index (κ2) is 6.77. The molecular formula is C14H12FN5O4. The number of anilines is 1. The smallest absolute Gasteiger partial charge is 0.276 e. The summed E-state index contributed by atoms with van der Waals surface area (Å²) in [6, 6.07) is 3.57. The molecule has 1 heterocycles. The lowest BCUT2D eigenvalue weighted by Crippen LogP contribution is -2.35. The monoisotopic (exact) mass is 333 g/mol. The van der Waals surface area contributed by atoms with E-state index in [2.05, 4.69) is 15.3 Å². The van der Waals surface area contributed by atoms with Crippen LogP contribution in [0.2, 0.25) is 0 Å². The van der Waals surface area contributed by atoms with Crippen molar-refractivity contribution in [3.63, 3.8) is 0 Å². The minimum Gasteiger partial charge on any atom is -0.276 e. The maximum atomic E-state index is 13.7. The predicted molar refractivity (Wildman–Crippen MR) is 81.0 cm³/mol. The second-order valence-electron chi connectivity index (χ2n) is 4.77. The number of rotatable bonds is 3. The van der Waals surface area contributed by atoms with Gasteiger partial charge < -0.3 is 0 Å². The number of imide groups is 1. The number of hydrogen-bond donors (Lipinski definition) is 2. The average molecular weight is 333 g/mol. The number of nitro benzene ring substituents is 1. The number of carbonyl (C=O) groups is 2. The van der Waals surface area contributed by atoms with E-state index in [1.165, 1.54) is 0 Å². The molecule has 9 nitrogen and oxygen atoms in total. The van der Waals surface area contributed by atoms with Crippen LogP contribution in [0.15, 0.2) is 24.3 Å². The van der Waals surface area contributed by atoms with Crippen molar-refractivity contribution in [2.75, 3.05) is 5.32 Å². The standard InChI is InChI=1S/C14H12FN5O4/c1-7-6-8(2)17-13(16-7)19-14(22)18-12(21)11-9(15)4-3-5-10(11)20(23)24/h3-6H,1-2H3,(H2,16,17,18,19,21,22). The Morgan fingerprint density at radius 3 is 2.42 bits per heavy atom.